The summed E-state index contributed by atoms with van der Waals surface area (Å²) < 4.78 is 14.4. The van der Waals surface area contributed by atoms with E-state index < -0.39 is 0 Å². The molecule has 0 aliphatic rings. The molecule has 1 aromatic carbocycles. The average molecular weight is 246 g/mol. The molecule has 0 radical (unpaired) electrons. The number of nitrogens with two attached hydrogens (primary N) is 1. The zero-order valence-electron chi connectivity index (χ0n) is 7.77. The van der Waals surface area contributed by atoms with Crippen molar-refractivity contribution >= 4 is 15.9 Å². The van der Waals surface area contributed by atoms with Crippen LogP contribution in [0.15, 0.2) is 16.6 Å². The minimum atomic E-state index is -0.146. The van der Waals surface area contributed by atoms with Crippen LogP contribution >= 0.6 is 15.9 Å². The molecule has 0 amide bonds. The molecule has 1 rings (SSSR count). The number of hydrogen-bond acceptors (Lipinski definition) is 1. The van der Waals surface area contributed by atoms with Crippen LogP contribution in [0.4, 0.5) is 4.39 Å². The van der Waals surface area contributed by atoms with Crippen molar-refractivity contribution in [1.29, 1.82) is 0 Å². The van der Waals surface area contributed by atoms with Gasteiger partial charge in [-0.05, 0) is 36.6 Å². The third-order valence-corrected chi connectivity index (χ3v) is 3.09. The van der Waals surface area contributed by atoms with Gasteiger partial charge in [-0.2, -0.15) is 0 Å². The fourth-order valence-electron chi connectivity index (χ4n) is 1.19. The summed E-state index contributed by atoms with van der Waals surface area (Å²) in [5.41, 5.74) is 6.83. The molecule has 3 heteroatoms. The SMILES string of the molecule is Cc1c(Br)ccc(C(C)CN)c1F. The molecule has 0 saturated carbocycles. The minimum absolute atomic E-state index is 0.0757. The topological polar surface area (TPSA) is 26.0 Å². The highest BCUT2D eigenvalue weighted by Gasteiger charge is 2.12. The van der Waals surface area contributed by atoms with E-state index in [0.717, 1.165) is 4.47 Å². The van der Waals surface area contributed by atoms with Gasteiger partial charge in [0, 0.05) is 4.47 Å². The lowest BCUT2D eigenvalue weighted by Gasteiger charge is -2.12. The lowest BCUT2D eigenvalue weighted by molar-refractivity contribution is 0.581. The van der Waals surface area contributed by atoms with Crippen molar-refractivity contribution in [1.82, 2.24) is 0 Å². The Labute approximate surface area is 86.3 Å². The maximum atomic E-state index is 13.6. The van der Waals surface area contributed by atoms with Crippen molar-refractivity contribution < 1.29 is 4.39 Å². The van der Waals surface area contributed by atoms with Crippen molar-refractivity contribution in [3.05, 3.63) is 33.5 Å². The van der Waals surface area contributed by atoms with Crippen LogP contribution in [-0.2, 0) is 0 Å². The van der Waals surface area contributed by atoms with Gasteiger partial charge >= 0.3 is 0 Å². The molecular weight excluding hydrogens is 233 g/mol. The highest BCUT2D eigenvalue weighted by Crippen LogP contribution is 2.26. The fourth-order valence-corrected chi connectivity index (χ4v) is 1.50. The van der Waals surface area contributed by atoms with E-state index in [1.165, 1.54) is 0 Å². The van der Waals surface area contributed by atoms with Gasteiger partial charge in [0.05, 0.1) is 0 Å². The van der Waals surface area contributed by atoms with Crippen molar-refractivity contribution in [2.24, 2.45) is 5.73 Å². The first kappa shape index (κ1) is 10.7. The Balaban J connectivity index is 3.18. The lowest BCUT2D eigenvalue weighted by atomic mass is 9.99. The molecule has 0 aromatic heterocycles. The molecule has 0 aliphatic heterocycles. The molecule has 2 N–H and O–H groups in total. The standard InChI is InChI=1S/C10H13BrFN/c1-6(5-13)8-3-4-9(11)7(2)10(8)12/h3-4,6H,5,13H2,1-2H3. The number of benzene rings is 1. The van der Waals surface area contributed by atoms with Crippen molar-refractivity contribution in [2.75, 3.05) is 6.54 Å². The molecule has 0 aliphatic carbocycles. The second-order valence-electron chi connectivity index (χ2n) is 3.21. The van der Waals surface area contributed by atoms with E-state index in [-0.39, 0.29) is 11.7 Å². The predicted octanol–water partition coefficient (Wildman–Crippen LogP) is 2.96. The van der Waals surface area contributed by atoms with Crippen LogP contribution in [0.25, 0.3) is 0 Å². The van der Waals surface area contributed by atoms with Crippen LogP contribution in [-0.4, -0.2) is 6.54 Å². The summed E-state index contributed by atoms with van der Waals surface area (Å²) in [6, 6.07) is 3.64. The van der Waals surface area contributed by atoms with Gasteiger partial charge in [-0.3, -0.25) is 0 Å². The first-order valence-corrected chi connectivity index (χ1v) is 5.01. The quantitative estimate of drug-likeness (QED) is 0.852. The van der Waals surface area contributed by atoms with E-state index in [1.54, 1.807) is 13.0 Å². The van der Waals surface area contributed by atoms with Crippen LogP contribution < -0.4 is 5.73 Å². The van der Waals surface area contributed by atoms with Crippen LogP contribution in [0.3, 0.4) is 0 Å². The Morgan fingerprint density at radius 3 is 2.69 bits per heavy atom. The van der Waals surface area contributed by atoms with Crippen molar-refractivity contribution in [2.45, 2.75) is 19.8 Å². The summed E-state index contributed by atoms with van der Waals surface area (Å²) in [6.45, 7) is 4.15. The zero-order chi connectivity index (χ0) is 10.0. The zero-order valence-corrected chi connectivity index (χ0v) is 9.36. The summed E-state index contributed by atoms with van der Waals surface area (Å²) >= 11 is 3.28. The van der Waals surface area contributed by atoms with Crippen LogP contribution in [0.1, 0.15) is 24.0 Å². The molecule has 1 unspecified atom stereocenters. The predicted molar refractivity (Wildman–Crippen MR) is 56.3 cm³/mol. The van der Waals surface area contributed by atoms with E-state index in [9.17, 15) is 4.39 Å². The Hall–Kier alpha value is -0.410. The average Bonchev–Trinajstić information content (AvgIpc) is 2.13. The van der Waals surface area contributed by atoms with E-state index in [1.807, 2.05) is 13.0 Å². The van der Waals surface area contributed by atoms with Gasteiger partial charge in [0.15, 0.2) is 0 Å². The molecule has 0 bridgehead atoms. The van der Waals surface area contributed by atoms with Gasteiger partial charge in [-0.1, -0.05) is 28.9 Å². The smallest absolute Gasteiger partial charge is 0.130 e. The second kappa shape index (κ2) is 4.20. The molecule has 1 nitrogen and oxygen atoms in total. The second-order valence-corrected chi connectivity index (χ2v) is 4.07. The first-order valence-electron chi connectivity index (χ1n) is 4.22. The maximum absolute atomic E-state index is 13.6. The fraction of sp³-hybridized carbons (Fsp3) is 0.400. The Morgan fingerprint density at radius 2 is 2.15 bits per heavy atom. The van der Waals surface area contributed by atoms with E-state index >= 15 is 0 Å². The largest absolute Gasteiger partial charge is 0.330 e. The third kappa shape index (κ3) is 2.09. The van der Waals surface area contributed by atoms with Gasteiger partial charge in [0.2, 0.25) is 0 Å². The molecule has 0 heterocycles. The normalized spacial score (nSPS) is 13.0. The molecule has 0 spiro atoms. The Morgan fingerprint density at radius 1 is 1.54 bits per heavy atom. The van der Waals surface area contributed by atoms with Crippen LogP contribution in [0, 0.1) is 12.7 Å². The Kier molecular flexibility index (Phi) is 3.45. The van der Waals surface area contributed by atoms with E-state index in [2.05, 4.69) is 15.9 Å². The molecule has 72 valence electrons. The Bertz CT molecular complexity index is 312. The van der Waals surface area contributed by atoms with Gasteiger partial charge in [-0.15, -0.1) is 0 Å². The van der Waals surface area contributed by atoms with E-state index in [4.69, 9.17) is 5.73 Å². The third-order valence-electron chi connectivity index (χ3n) is 2.23. The summed E-state index contributed by atoms with van der Waals surface area (Å²) in [5, 5.41) is 0. The lowest BCUT2D eigenvalue weighted by Crippen LogP contribution is -2.11. The summed E-state index contributed by atoms with van der Waals surface area (Å²) in [7, 11) is 0. The van der Waals surface area contributed by atoms with Gasteiger partial charge in [0.1, 0.15) is 5.82 Å². The van der Waals surface area contributed by atoms with Crippen molar-refractivity contribution in [3.63, 3.8) is 0 Å². The van der Waals surface area contributed by atoms with Crippen LogP contribution in [0.2, 0.25) is 0 Å². The summed E-state index contributed by atoms with van der Waals surface area (Å²) in [4.78, 5) is 0. The molecular formula is C10H13BrFN. The highest BCUT2D eigenvalue weighted by molar-refractivity contribution is 9.10. The summed E-state index contributed by atoms with van der Waals surface area (Å²) in [6.07, 6.45) is 0. The van der Waals surface area contributed by atoms with E-state index in [0.29, 0.717) is 17.7 Å². The molecule has 1 aromatic rings. The summed E-state index contributed by atoms with van der Waals surface area (Å²) in [5.74, 6) is -0.0703. The monoisotopic (exact) mass is 245 g/mol. The molecule has 13 heavy (non-hydrogen) atoms. The van der Waals surface area contributed by atoms with Gasteiger partial charge in [0.25, 0.3) is 0 Å². The molecule has 0 fully saturated rings. The first-order chi connectivity index (χ1) is 6.07. The number of halogens is 2. The number of rotatable bonds is 2. The maximum Gasteiger partial charge on any atom is 0.130 e. The minimum Gasteiger partial charge on any atom is -0.330 e. The molecule has 0 saturated heterocycles. The molecule has 1 atom stereocenters. The van der Waals surface area contributed by atoms with Gasteiger partial charge < -0.3 is 5.73 Å². The van der Waals surface area contributed by atoms with Crippen molar-refractivity contribution in [3.8, 4) is 0 Å². The van der Waals surface area contributed by atoms with Gasteiger partial charge in [-0.25, -0.2) is 4.39 Å². The van der Waals surface area contributed by atoms with Crippen LogP contribution in [0.5, 0.6) is 0 Å². The highest BCUT2D eigenvalue weighted by atomic mass is 79.9. The number of hydrogen-bond donors (Lipinski definition) is 1.